The lowest BCUT2D eigenvalue weighted by molar-refractivity contribution is -0.124. The van der Waals surface area contributed by atoms with Gasteiger partial charge in [-0.15, -0.1) is 10.2 Å². The molecule has 2 aromatic rings. The zero-order valence-corrected chi connectivity index (χ0v) is 10.2. The monoisotopic (exact) mass is 259 g/mol. The molecule has 1 atom stereocenters. The van der Waals surface area contributed by atoms with Crippen molar-refractivity contribution in [2.45, 2.75) is 18.9 Å². The quantitative estimate of drug-likeness (QED) is 0.857. The van der Waals surface area contributed by atoms with Gasteiger partial charge in [-0.05, 0) is 30.2 Å². The maximum absolute atomic E-state index is 11.9. The second-order valence-corrected chi connectivity index (χ2v) is 4.31. The molecule has 98 valence electrons. The van der Waals surface area contributed by atoms with Gasteiger partial charge in [-0.1, -0.05) is 12.1 Å². The summed E-state index contributed by atoms with van der Waals surface area (Å²) < 4.78 is 5.34. The molecule has 0 saturated carbocycles. The number of hydrogen-bond acceptors (Lipinski definition) is 5. The van der Waals surface area contributed by atoms with Crippen LogP contribution in [0.5, 0.6) is 0 Å². The first kappa shape index (κ1) is 11.8. The number of amides is 1. The number of carbonyl (C=O) groups excluding carboxylic acids is 1. The van der Waals surface area contributed by atoms with Crippen LogP contribution in [0.1, 0.15) is 12.8 Å². The lowest BCUT2D eigenvalue weighted by atomic mass is 10.1. The Kier molecular flexibility index (Phi) is 3.20. The van der Waals surface area contributed by atoms with Crippen LogP contribution in [0.2, 0.25) is 0 Å². The summed E-state index contributed by atoms with van der Waals surface area (Å²) in [4.78, 5) is 11.9. The predicted molar refractivity (Wildman–Crippen MR) is 67.2 cm³/mol. The SMILES string of the molecule is O=C(Nc1cccc(-c2nn[nH]n2)c1)C1CCCO1. The number of rotatable bonds is 3. The van der Waals surface area contributed by atoms with E-state index in [1.807, 2.05) is 18.2 Å². The Balaban J connectivity index is 1.74. The topological polar surface area (TPSA) is 92.8 Å². The van der Waals surface area contributed by atoms with E-state index in [4.69, 9.17) is 4.74 Å². The van der Waals surface area contributed by atoms with Gasteiger partial charge in [0.15, 0.2) is 0 Å². The standard InChI is InChI=1S/C12H13N5O2/c18-12(10-5-2-6-19-10)13-9-4-1-3-8(7-9)11-14-16-17-15-11/h1,3-4,7,10H,2,5-6H2,(H,13,18)(H,14,15,16,17). The van der Waals surface area contributed by atoms with Crippen LogP contribution < -0.4 is 5.32 Å². The smallest absolute Gasteiger partial charge is 0.253 e. The molecule has 1 fully saturated rings. The van der Waals surface area contributed by atoms with Gasteiger partial charge in [0.1, 0.15) is 6.10 Å². The minimum atomic E-state index is -0.339. The molecule has 1 aliphatic rings. The fourth-order valence-corrected chi connectivity index (χ4v) is 2.03. The third kappa shape index (κ3) is 2.60. The first-order valence-corrected chi connectivity index (χ1v) is 6.09. The second kappa shape index (κ2) is 5.15. The Morgan fingerprint density at radius 3 is 3.16 bits per heavy atom. The number of anilines is 1. The van der Waals surface area contributed by atoms with Crippen molar-refractivity contribution in [2.24, 2.45) is 0 Å². The molecule has 1 saturated heterocycles. The van der Waals surface area contributed by atoms with Crippen LogP contribution in [-0.2, 0) is 9.53 Å². The van der Waals surface area contributed by atoms with Crippen molar-refractivity contribution in [3.05, 3.63) is 24.3 Å². The van der Waals surface area contributed by atoms with Gasteiger partial charge in [0.25, 0.3) is 5.91 Å². The van der Waals surface area contributed by atoms with E-state index in [9.17, 15) is 4.79 Å². The normalized spacial score (nSPS) is 18.4. The Morgan fingerprint density at radius 2 is 2.42 bits per heavy atom. The number of nitrogens with zero attached hydrogens (tertiary/aromatic N) is 3. The molecule has 7 heteroatoms. The number of ether oxygens (including phenoxy) is 1. The molecule has 7 nitrogen and oxygen atoms in total. The molecule has 0 bridgehead atoms. The minimum absolute atomic E-state index is 0.109. The molecule has 1 amide bonds. The first-order valence-electron chi connectivity index (χ1n) is 6.09. The van der Waals surface area contributed by atoms with E-state index in [0.29, 0.717) is 18.1 Å². The fraction of sp³-hybridized carbons (Fsp3) is 0.333. The van der Waals surface area contributed by atoms with Crippen molar-refractivity contribution in [3.8, 4) is 11.4 Å². The van der Waals surface area contributed by atoms with Crippen LogP contribution in [0.15, 0.2) is 24.3 Å². The van der Waals surface area contributed by atoms with Crippen LogP contribution in [-0.4, -0.2) is 39.2 Å². The fourth-order valence-electron chi connectivity index (χ4n) is 2.03. The van der Waals surface area contributed by atoms with E-state index in [0.717, 1.165) is 18.4 Å². The maximum atomic E-state index is 11.9. The Bertz CT molecular complexity index is 563. The molecule has 2 heterocycles. The van der Waals surface area contributed by atoms with Crippen molar-refractivity contribution in [3.63, 3.8) is 0 Å². The molecule has 19 heavy (non-hydrogen) atoms. The molecule has 0 aliphatic carbocycles. The third-order valence-electron chi connectivity index (χ3n) is 2.96. The lowest BCUT2D eigenvalue weighted by Gasteiger charge is -2.10. The predicted octanol–water partition coefficient (Wildman–Crippen LogP) is 0.984. The van der Waals surface area contributed by atoms with Gasteiger partial charge in [-0.3, -0.25) is 4.79 Å². The molecule has 1 aliphatic heterocycles. The van der Waals surface area contributed by atoms with Gasteiger partial charge in [-0.2, -0.15) is 5.21 Å². The molecular formula is C12H13N5O2. The summed E-state index contributed by atoms with van der Waals surface area (Å²) in [6, 6.07) is 7.30. The number of hydrogen-bond donors (Lipinski definition) is 2. The number of nitrogens with one attached hydrogen (secondary N) is 2. The van der Waals surface area contributed by atoms with Crippen LogP contribution in [0.3, 0.4) is 0 Å². The molecule has 1 aromatic carbocycles. The number of aromatic nitrogens is 4. The average Bonchev–Trinajstić information content (AvgIpc) is 3.13. The summed E-state index contributed by atoms with van der Waals surface area (Å²) in [5, 5.41) is 16.5. The van der Waals surface area contributed by atoms with E-state index < -0.39 is 0 Å². The molecule has 2 N–H and O–H groups in total. The summed E-state index contributed by atoms with van der Waals surface area (Å²) in [5.41, 5.74) is 1.49. The van der Waals surface area contributed by atoms with Gasteiger partial charge >= 0.3 is 0 Å². The van der Waals surface area contributed by atoms with E-state index in [1.54, 1.807) is 6.07 Å². The van der Waals surface area contributed by atoms with Crippen molar-refractivity contribution >= 4 is 11.6 Å². The first-order chi connectivity index (χ1) is 9.33. The number of tetrazole rings is 1. The van der Waals surface area contributed by atoms with Crippen molar-refractivity contribution < 1.29 is 9.53 Å². The summed E-state index contributed by atoms with van der Waals surface area (Å²) in [6.45, 7) is 0.654. The highest BCUT2D eigenvalue weighted by Crippen LogP contribution is 2.20. The summed E-state index contributed by atoms with van der Waals surface area (Å²) in [7, 11) is 0. The highest BCUT2D eigenvalue weighted by atomic mass is 16.5. The third-order valence-corrected chi connectivity index (χ3v) is 2.96. The number of benzene rings is 1. The Morgan fingerprint density at radius 1 is 1.47 bits per heavy atom. The average molecular weight is 259 g/mol. The number of aromatic amines is 1. The van der Waals surface area contributed by atoms with Gasteiger partial charge in [0.2, 0.25) is 5.82 Å². The Hall–Kier alpha value is -2.28. The maximum Gasteiger partial charge on any atom is 0.253 e. The molecule has 1 aromatic heterocycles. The van der Waals surface area contributed by atoms with E-state index in [2.05, 4.69) is 25.9 Å². The second-order valence-electron chi connectivity index (χ2n) is 4.31. The van der Waals surface area contributed by atoms with Crippen LogP contribution >= 0.6 is 0 Å². The van der Waals surface area contributed by atoms with Gasteiger partial charge in [0, 0.05) is 17.9 Å². The largest absolute Gasteiger partial charge is 0.368 e. The molecule has 1 unspecified atom stereocenters. The van der Waals surface area contributed by atoms with Crippen LogP contribution in [0, 0.1) is 0 Å². The highest BCUT2D eigenvalue weighted by molar-refractivity contribution is 5.94. The van der Waals surface area contributed by atoms with Gasteiger partial charge in [-0.25, -0.2) is 0 Å². The Labute approximate surface area is 109 Å². The molecule has 0 radical (unpaired) electrons. The van der Waals surface area contributed by atoms with Crippen molar-refractivity contribution in [1.82, 2.24) is 20.6 Å². The van der Waals surface area contributed by atoms with E-state index in [-0.39, 0.29) is 12.0 Å². The number of carbonyl (C=O) groups is 1. The molecule has 0 spiro atoms. The minimum Gasteiger partial charge on any atom is -0.368 e. The van der Waals surface area contributed by atoms with Crippen molar-refractivity contribution in [1.29, 1.82) is 0 Å². The highest BCUT2D eigenvalue weighted by Gasteiger charge is 2.23. The van der Waals surface area contributed by atoms with Gasteiger partial charge in [0.05, 0.1) is 0 Å². The van der Waals surface area contributed by atoms with E-state index in [1.165, 1.54) is 0 Å². The summed E-state index contributed by atoms with van der Waals surface area (Å²) in [6.07, 6.45) is 1.37. The number of H-pyrrole nitrogens is 1. The zero-order chi connectivity index (χ0) is 13.1. The van der Waals surface area contributed by atoms with E-state index >= 15 is 0 Å². The summed E-state index contributed by atoms with van der Waals surface area (Å²) >= 11 is 0. The molecular weight excluding hydrogens is 246 g/mol. The zero-order valence-electron chi connectivity index (χ0n) is 10.2. The summed E-state index contributed by atoms with van der Waals surface area (Å²) in [5.74, 6) is 0.385. The van der Waals surface area contributed by atoms with Crippen LogP contribution in [0.25, 0.3) is 11.4 Å². The van der Waals surface area contributed by atoms with Crippen LogP contribution in [0.4, 0.5) is 5.69 Å². The van der Waals surface area contributed by atoms with Crippen molar-refractivity contribution in [2.75, 3.05) is 11.9 Å². The van der Waals surface area contributed by atoms with Gasteiger partial charge < -0.3 is 10.1 Å². The molecule has 3 rings (SSSR count). The lowest BCUT2D eigenvalue weighted by Crippen LogP contribution is -2.26.